The summed E-state index contributed by atoms with van der Waals surface area (Å²) in [6.07, 6.45) is 9.72. The molecular weight excluding hydrogens is 406 g/mol. The molecule has 3 aromatic heterocycles. The lowest BCUT2D eigenvalue weighted by Crippen LogP contribution is -2.36. The van der Waals surface area contributed by atoms with Crippen molar-refractivity contribution >= 4 is 11.4 Å². The van der Waals surface area contributed by atoms with Crippen LogP contribution in [0.4, 0.5) is 0 Å². The third kappa shape index (κ3) is 4.45. The van der Waals surface area contributed by atoms with E-state index in [-0.39, 0.29) is 17.8 Å². The van der Waals surface area contributed by atoms with Crippen molar-refractivity contribution in [2.45, 2.75) is 6.42 Å². The number of amides is 1. The zero-order chi connectivity index (χ0) is 21.8. The van der Waals surface area contributed by atoms with Gasteiger partial charge in [-0.2, -0.15) is 0 Å². The van der Waals surface area contributed by atoms with E-state index in [1.165, 1.54) is 0 Å². The van der Waals surface area contributed by atoms with Crippen LogP contribution >= 0.6 is 0 Å². The Labute approximate surface area is 185 Å². The Morgan fingerprint density at radius 3 is 2.88 bits per heavy atom. The van der Waals surface area contributed by atoms with Crippen molar-refractivity contribution in [3.8, 4) is 11.8 Å². The number of fused-ring (bicyclic) bond motifs is 1. The van der Waals surface area contributed by atoms with E-state index in [0.717, 1.165) is 17.6 Å². The van der Waals surface area contributed by atoms with Gasteiger partial charge in [0.05, 0.1) is 24.4 Å². The van der Waals surface area contributed by atoms with Crippen LogP contribution in [0.1, 0.15) is 16.1 Å². The quantitative estimate of drug-likeness (QED) is 0.484. The molecule has 4 heterocycles. The van der Waals surface area contributed by atoms with Crippen molar-refractivity contribution in [2.75, 3.05) is 26.3 Å². The number of benzene rings is 1. The van der Waals surface area contributed by atoms with E-state index in [9.17, 15) is 4.79 Å². The zero-order valence-corrected chi connectivity index (χ0v) is 17.5. The second kappa shape index (κ2) is 9.15. The van der Waals surface area contributed by atoms with Crippen LogP contribution in [-0.4, -0.2) is 56.5 Å². The molecule has 1 aliphatic rings. The lowest BCUT2D eigenvalue weighted by atomic mass is 10.0. The summed E-state index contributed by atoms with van der Waals surface area (Å²) in [4.78, 5) is 27.9. The molecule has 1 aromatic carbocycles. The number of aromatic nitrogens is 4. The second-order valence-electron chi connectivity index (χ2n) is 7.73. The minimum absolute atomic E-state index is 0.0474. The van der Waals surface area contributed by atoms with E-state index in [1.54, 1.807) is 42.7 Å². The first-order valence-corrected chi connectivity index (χ1v) is 10.6. The predicted octanol–water partition coefficient (Wildman–Crippen LogP) is 3.25. The van der Waals surface area contributed by atoms with Gasteiger partial charge in [0, 0.05) is 55.6 Å². The Morgan fingerprint density at radius 1 is 1.06 bits per heavy atom. The highest BCUT2D eigenvalue weighted by atomic mass is 16.5. The molecule has 0 bridgehead atoms. The molecule has 5 rings (SSSR count). The van der Waals surface area contributed by atoms with Crippen LogP contribution in [0.5, 0.6) is 11.8 Å². The Balaban J connectivity index is 1.31. The number of ether oxygens (including phenoxy) is 2. The molecule has 0 aliphatic carbocycles. The van der Waals surface area contributed by atoms with Crippen molar-refractivity contribution in [1.29, 1.82) is 0 Å². The van der Waals surface area contributed by atoms with Crippen molar-refractivity contribution in [1.82, 2.24) is 24.3 Å². The molecule has 8 nitrogen and oxygen atoms in total. The van der Waals surface area contributed by atoms with Gasteiger partial charge in [-0.25, -0.2) is 9.97 Å². The summed E-state index contributed by atoms with van der Waals surface area (Å²) in [5.74, 6) is 0.634. The average Bonchev–Trinajstić information content (AvgIpc) is 3.19. The van der Waals surface area contributed by atoms with Gasteiger partial charge < -0.3 is 18.8 Å². The van der Waals surface area contributed by atoms with E-state index in [4.69, 9.17) is 9.47 Å². The standard InChI is InChI=1S/C24H23N5O3/c30-23(19-4-1-5-20(15-19)32-24-26-7-3-8-27-24)29-12-13-31-17-18(16-29)14-21-22-6-2-10-28(22)11-9-25-21/h1-11,15,18H,12-14,16-17H2/t18-/m0/s1. The minimum atomic E-state index is -0.0474. The van der Waals surface area contributed by atoms with Gasteiger partial charge in [0.2, 0.25) is 0 Å². The number of hydrogen-bond acceptors (Lipinski definition) is 6. The first kappa shape index (κ1) is 20.1. The molecule has 1 fully saturated rings. The van der Waals surface area contributed by atoms with E-state index >= 15 is 0 Å². The maximum atomic E-state index is 13.3. The van der Waals surface area contributed by atoms with Crippen molar-refractivity contribution in [3.63, 3.8) is 0 Å². The molecule has 4 aromatic rings. The lowest BCUT2D eigenvalue weighted by Gasteiger charge is -2.24. The molecule has 1 amide bonds. The van der Waals surface area contributed by atoms with Crippen LogP contribution < -0.4 is 4.74 Å². The van der Waals surface area contributed by atoms with Gasteiger partial charge in [0.25, 0.3) is 5.91 Å². The summed E-state index contributed by atoms with van der Waals surface area (Å²) in [6, 6.07) is 13.1. The number of hydrogen-bond donors (Lipinski definition) is 0. The minimum Gasteiger partial charge on any atom is -0.424 e. The Morgan fingerprint density at radius 2 is 1.97 bits per heavy atom. The Kier molecular flexibility index (Phi) is 5.76. The molecule has 32 heavy (non-hydrogen) atoms. The molecule has 0 spiro atoms. The van der Waals surface area contributed by atoms with Gasteiger partial charge in [-0.3, -0.25) is 9.78 Å². The molecule has 1 saturated heterocycles. The molecule has 1 atom stereocenters. The van der Waals surface area contributed by atoms with Gasteiger partial charge >= 0.3 is 6.01 Å². The van der Waals surface area contributed by atoms with Crippen LogP contribution in [0.2, 0.25) is 0 Å². The predicted molar refractivity (Wildman–Crippen MR) is 118 cm³/mol. The van der Waals surface area contributed by atoms with Gasteiger partial charge in [-0.15, -0.1) is 0 Å². The molecule has 0 saturated carbocycles. The number of nitrogens with zero attached hydrogens (tertiary/aromatic N) is 5. The summed E-state index contributed by atoms with van der Waals surface area (Å²) in [6.45, 7) is 2.26. The van der Waals surface area contributed by atoms with Crippen LogP contribution in [0.3, 0.4) is 0 Å². The van der Waals surface area contributed by atoms with E-state index in [0.29, 0.717) is 37.6 Å². The van der Waals surface area contributed by atoms with Crippen molar-refractivity contribution in [3.05, 3.63) is 84.7 Å². The highest BCUT2D eigenvalue weighted by molar-refractivity contribution is 5.94. The smallest absolute Gasteiger partial charge is 0.321 e. The van der Waals surface area contributed by atoms with Crippen molar-refractivity contribution in [2.24, 2.45) is 5.92 Å². The fourth-order valence-electron chi connectivity index (χ4n) is 3.97. The maximum Gasteiger partial charge on any atom is 0.321 e. The number of carbonyl (C=O) groups excluding carboxylic acids is 1. The molecule has 0 N–H and O–H groups in total. The van der Waals surface area contributed by atoms with Crippen molar-refractivity contribution < 1.29 is 14.3 Å². The molecule has 1 aliphatic heterocycles. The molecule has 162 valence electrons. The molecule has 8 heteroatoms. The third-order valence-corrected chi connectivity index (χ3v) is 5.47. The van der Waals surface area contributed by atoms with Gasteiger partial charge in [0.15, 0.2) is 0 Å². The van der Waals surface area contributed by atoms with E-state index in [2.05, 4.69) is 25.4 Å². The first-order chi connectivity index (χ1) is 15.8. The molecular formula is C24H23N5O3. The van der Waals surface area contributed by atoms with Gasteiger partial charge in [0.1, 0.15) is 5.75 Å². The summed E-state index contributed by atoms with van der Waals surface area (Å²) in [5.41, 5.74) is 2.66. The summed E-state index contributed by atoms with van der Waals surface area (Å²) in [5, 5.41) is 0. The van der Waals surface area contributed by atoms with E-state index < -0.39 is 0 Å². The van der Waals surface area contributed by atoms with Gasteiger partial charge in [-0.05, 0) is 42.8 Å². The molecule has 0 unspecified atom stereocenters. The zero-order valence-electron chi connectivity index (χ0n) is 17.5. The monoisotopic (exact) mass is 429 g/mol. The fraction of sp³-hybridized carbons (Fsp3) is 0.250. The SMILES string of the molecule is O=C(c1cccc(Oc2ncccn2)c1)N1CCOC[C@@H](Cc2nccn3cccc23)C1. The summed E-state index contributed by atoms with van der Waals surface area (Å²) >= 11 is 0. The first-order valence-electron chi connectivity index (χ1n) is 10.6. The summed E-state index contributed by atoms with van der Waals surface area (Å²) < 4.78 is 13.6. The van der Waals surface area contributed by atoms with E-state index in [1.807, 2.05) is 29.6 Å². The molecule has 0 radical (unpaired) electrons. The maximum absolute atomic E-state index is 13.3. The average molecular weight is 429 g/mol. The highest BCUT2D eigenvalue weighted by Gasteiger charge is 2.25. The Bertz CT molecular complexity index is 1210. The summed E-state index contributed by atoms with van der Waals surface area (Å²) in [7, 11) is 0. The normalized spacial score (nSPS) is 16.6. The van der Waals surface area contributed by atoms with Gasteiger partial charge in [-0.1, -0.05) is 6.07 Å². The fourth-order valence-corrected chi connectivity index (χ4v) is 3.97. The third-order valence-electron chi connectivity index (χ3n) is 5.47. The largest absolute Gasteiger partial charge is 0.424 e. The van der Waals surface area contributed by atoms with Crippen LogP contribution in [-0.2, 0) is 11.2 Å². The second-order valence-corrected chi connectivity index (χ2v) is 7.73. The Hall–Kier alpha value is -3.78. The van der Waals surface area contributed by atoms with Crippen LogP contribution in [0.25, 0.3) is 5.52 Å². The topological polar surface area (TPSA) is 81.8 Å². The number of rotatable bonds is 5. The van der Waals surface area contributed by atoms with Crippen LogP contribution in [0, 0.1) is 5.92 Å². The highest BCUT2D eigenvalue weighted by Crippen LogP contribution is 2.22. The lowest BCUT2D eigenvalue weighted by molar-refractivity contribution is 0.0737. The number of carbonyl (C=O) groups is 1. The van der Waals surface area contributed by atoms with Crippen LogP contribution in [0.15, 0.2) is 73.4 Å².